The van der Waals surface area contributed by atoms with Crippen LogP contribution in [0, 0.1) is 6.92 Å². The lowest BCUT2D eigenvalue weighted by Crippen LogP contribution is -2.06. The van der Waals surface area contributed by atoms with Crippen LogP contribution in [-0.2, 0) is 6.54 Å². The van der Waals surface area contributed by atoms with Gasteiger partial charge in [-0.1, -0.05) is 35.3 Å². The quantitative estimate of drug-likeness (QED) is 0.587. The summed E-state index contributed by atoms with van der Waals surface area (Å²) in [5.74, 6) is 1.85. The maximum Gasteiger partial charge on any atom is 0.225 e. The first kappa shape index (κ1) is 18.3. The average Bonchev–Trinajstić information content (AvgIpc) is 2.61. The summed E-state index contributed by atoms with van der Waals surface area (Å²) < 4.78 is 5.17. The third-order valence-corrected chi connectivity index (χ3v) is 4.19. The second-order valence-electron chi connectivity index (χ2n) is 5.67. The number of rotatable bonds is 6. The number of halogens is 2. The number of methoxy groups -OCH3 is 1. The van der Waals surface area contributed by atoms with Crippen LogP contribution < -0.4 is 15.4 Å². The number of ether oxygens (including phenoxy) is 1. The Morgan fingerprint density at radius 1 is 1.00 bits per heavy atom. The van der Waals surface area contributed by atoms with Crippen molar-refractivity contribution in [3.05, 3.63) is 69.8 Å². The third kappa shape index (κ3) is 4.77. The predicted octanol–water partition coefficient (Wildman–Crippen LogP) is 5.46. The lowest BCUT2D eigenvalue weighted by atomic mass is 10.2. The molecule has 0 saturated heterocycles. The van der Waals surface area contributed by atoms with Crippen molar-refractivity contribution in [2.45, 2.75) is 13.5 Å². The number of benzene rings is 2. The molecule has 134 valence electrons. The van der Waals surface area contributed by atoms with Crippen molar-refractivity contribution >= 4 is 40.7 Å². The van der Waals surface area contributed by atoms with Crippen LogP contribution in [0.5, 0.6) is 5.75 Å². The number of hydrogen-bond donors (Lipinski definition) is 2. The zero-order valence-corrected chi connectivity index (χ0v) is 15.9. The third-order valence-electron chi connectivity index (χ3n) is 3.64. The first-order valence-electron chi connectivity index (χ1n) is 7.98. The van der Waals surface area contributed by atoms with Gasteiger partial charge in [0.1, 0.15) is 11.6 Å². The molecule has 3 rings (SSSR count). The molecular formula is C19H18Cl2N4O. The van der Waals surface area contributed by atoms with Gasteiger partial charge >= 0.3 is 0 Å². The first-order valence-corrected chi connectivity index (χ1v) is 8.73. The molecule has 0 aliphatic rings. The van der Waals surface area contributed by atoms with Crippen LogP contribution in [0.15, 0.2) is 48.5 Å². The second-order valence-corrected chi connectivity index (χ2v) is 6.52. The first-order chi connectivity index (χ1) is 12.5. The number of nitrogens with one attached hydrogen (secondary N) is 2. The summed E-state index contributed by atoms with van der Waals surface area (Å²) in [5, 5.41) is 7.70. The maximum absolute atomic E-state index is 6.17. The highest BCUT2D eigenvalue weighted by atomic mass is 35.5. The van der Waals surface area contributed by atoms with Crippen molar-refractivity contribution in [3.63, 3.8) is 0 Å². The molecule has 7 heteroatoms. The van der Waals surface area contributed by atoms with E-state index in [9.17, 15) is 0 Å². The van der Waals surface area contributed by atoms with Gasteiger partial charge in [0.15, 0.2) is 0 Å². The Balaban J connectivity index is 1.72. The van der Waals surface area contributed by atoms with Gasteiger partial charge in [-0.25, -0.2) is 4.98 Å². The van der Waals surface area contributed by atoms with E-state index in [0.717, 1.165) is 16.9 Å². The monoisotopic (exact) mass is 388 g/mol. The Bertz CT molecular complexity index is 901. The van der Waals surface area contributed by atoms with Crippen molar-refractivity contribution in [1.82, 2.24) is 9.97 Å². The Kier molecular flexibility index (Phi) is 5.81. The minimum atomic E-state index is 0.532. The van der Waals surface area contributed by atoms with E-state index in [0.29, 0.717) is 34.1 Å². The molecular weight excluding hydrogens is 371 g/mol. The Morgan fingerprint density at radius 2 is 1.77 bits per heavy atom. The van der Waals surface area contributed by atoms with Crippen molar-refractivity contribution in [2.75, 3.05) is 17.7 Å². The van der Waals surface area contributed by atoms with E-state index < -0.39 is 0 Å². The zero-order chi connectivity index (χ0) is 18.5. The number of aromatic nitrogens is 2. The van der Waals surface area contributed by atoms with Gasteiger partial charge in [-0.3, -0.25) is 0 Å². The molecule has 1 aromatic heterocycles. The fourth-order valence-corrected chi connectivity index (χ4v) is 2.77. The van der Waals surface area contributed by atoms with Crippen LogP contribution in [0.25, 0.3) is 0 Å². The van der Waals surface area contributed by atoms with E-state index in [-0.39, 0.29) is 0 Å². The van der Waals surface area contributed by atoms with Crippen LogP contribution in [-0.4, -0.2) is 17.1 Å². The van der Waals surface area contributed by atoms with Crippen LogP contribution in [0.4, 0.5) is 17.5 Å². The van der Waals surface area contributed by atoms with E-state index in [1.807, 2.05) is 43.3 Å². The summed E-state index contributed by atoms with van der Waals surface area (Å²) in [6.45, 7) is 2.52. The predicted molar refractivity (Wildman–Crippen MR) is 107 cm³/mol. The van der Waals surface area contributed by atoms with Crippen molar-refractivity contribution in [1.29, 1.82) is 0 Å². The van der Waals surface area contributed by atoms with E-state index >= 15 is 0 Å². The van der Waals surface area contributed by atoms with Crippen LogP contribution in [0.2, 0.25) is 10.0 Å². The largest absolute Gasteiger partial charge is 0.495 e. The van der Waals surface area contributed by atoms with Crippen molar-refractivity contribution in [3.8, 4) is 5.75 Å². The SMILES string of the molecule is COc1ccc(Nc2cc(C)nc(NCc3ccc(Cl)cc3)n2)cc1Cl. The molecule has 0 bridgehead atoms. The molecule has 0 spiro atoms. The molecule has 0 radical (unpaired) electrons. The normalized spacial score (nSPS) is 10.5. The number of aryl methyl sites for hydroxylation is 1. The summed E-state index contributed by atoms with van der Waals surface area (Å²) in [5.41, 5.74) is 2.76. The number of hydrogen-bond acceptors (Lipinski definition) is 5. The average molecular weight is 389 g/mol. The fraction of sp³-hybridized carbons (Fsp3) is 0.158. The van der Waals surface area contributed by atoms with Crippen LogP contribution in [0.1, 0.15) is 11.3 Å². The molecule has 3 aromatic rings. The van der Waals surface area contributed by atoms with Crippen LogP contribution >= 0.6 is 23.2 Å². The highest BCUT2D eigenvalue weighted by Crippen LogP contribution is 2.28. The highest BCUT2D eigenvalue weighted by molar-refractivity contribution is 6.32. The summed E-state index contributed by atoms with van der Waals surface area (Å²) in [6, 6.07) is 15.0. The van der Waals surface area contributed by atoms with E-state index in [4.69, 9.17) is 27.9 Å². The molecule has 0 aliphatic heterocycles. The molecule has 0 atom stereocenters. The second kappa shape index (κ2) is 8.25. The smallest absolute Gasteiger partial charge is 0.225 e. The zero-order valence-electron chi connectivity index (χ0n) is 14.4. The summed E-state index contributed by atoms with van der Waals surface area (Å²) >= 11 is 12.1. The summed E-state index contributed by atoms with van der Waals surface area (Å²) in [7, 11) is 1.58. The van der Waals surface area contributed by atoms with Gasteiger partial charge in [-0.05, 0) is 42.8 Å². The molecule has 0 fully saturated rings. The minimum absolute atomic E-state index is 0.532. The Labute approximate surface area is 162 Å². The lowest BCUT2D eigenvalue weighted by molar-refractivity contribution is 0.415. The van der Waals surface area contributed by atoms with Crippen molar-refractivity contribution < 1.29 is 4.74 Å². The molecule has 0 aliphatic carbocycles. The highest BCUT2D eigenvalue weighted by Gasteiger charge is 2.06. The lowest BCUT2D eigenvalue weighted by Gasteiger charge is -2.11. The van der Waals surface area contributed by atoms with Gasteiger partial charge in [0.25, 0.3) is 0 Å². The van der Waals surface area contributed by atoms with E-state index in [1.165, 1.54) is 0 Å². The molecule has 0 unspecified atom stereocenters. The fourth-order valence-electron chi connectivity index (χ4n) is 2.39. The van der Waals surface area contributed by atoms with E-state index in [1.54, 1.807) is 19.2 Å². The molecule has 1 heterocycles. The number of nitrogens with zero attached hydrogens (tertiary/aromatic N) is 2. The van der Waals surface area contributed by atoms with Gasteiger partial charge in [0.2, 0.25) is 5.95 Å². The number of anilines is 3. The van der Waals surface area contributed by atoms with Gasteiger partial charge in [0, 0.05) is 29.0 Å². The summed E-state index contributed by atoms with van der Waals surface area (Å²) in [6.07, 6.45) is 0. The van der Waals surface area contributed by atoms with Gasteiger partial charge in [0.05, 0.1) is 12.1 Å². The summed E-state index contributed by atoms with van der Waals surface area (Å²) in [4.78, 5) is 8.92. The molecule has 2 N–H and O–H groups in total. The Hall–Kier alpha value is -2.50. The minimum Gasteiger partial charge on any atom is -0.495 e. The molecule has 5 nitrogen and oxygen atoms in total. The maximum atomic E-state index is 6.17. The molecule has 0 amide bonds. The van der Waals surface area contributed by atoms with Gasteiger partial charge in [-0.15, -0.1) is 0 Å². The van der Waals surface area contributed by atoms with E-state index in [2.05, 4.69) is 20.6 Å². The molecule has 2 aromatic carbocycles. The topological polar surface area (TPSA) is 59.1 Å². The Morgan fingerprint density at radius 3 is 2.46 bits per heavy atom. The van der Waals surface area contributed by atoms with Crippen LogP contribution in [0.3, 0.4) is 0 Å². The van der Waals surface area contributed by atoms with Gasteiger partial charge < -0.3 is 15.4 Å². The standard InChI is InChI=1S/C19H18Cl2N4O/c1-12-9-18(24-15-7-8-17(26-2)16(21)10-15)25-19(23-12)22-11-13-3-5-14(20)6-4-13/h3-10H,11H2,1-2H3,(H2,22,23,24,25). The molecule has 0 saturated carbocycles. The van der Waals surface area contributed by atoms with Gasteiger partial charge in [-0.2, -0.15) is 4.98 Å². The molecule has 26 heavy (non-hydrogen) atoms. The van der Waals surface area contributed by atoms with Crippen molar-refractivity contribution in [2.24, 2.45) is 0 Å².